The normalized spacial score (nSPS) is 11.5. The maximum absolute atomic E-state index is 13.3. The summed E-state index contributed by atoms with van der Waals surface area (Å²) in [7, 11) is 0. The molecule has 2 rings (SSSR count). The summed E-state index contributed by atoms with van der Waals surface area (Å²) in [5.74, 6) is -0.487. The van der Waals surface area contributed by atoms with Gasteiger partial charge in [-0.15, -0.1) is 0 Å². The van der Waals surface area contributed by atoms with Gasteiger partial charge in [-0.05, 0) is 38.3 Å². The molecule has 0 fully saturated rings. The minimum Gasteiger partial charge on any atom is -0.287 e. The summed E-state index contributed by atoms with van der Waals surface area (Å²) in [5.41, 5.74) is 1.88. The van der Waals surface area contributed by atoms with Crippen LogP contribution >= 0.6 is 0 Å². The van der Waals surface area contributed by atoms with Gasteiger partial charge >= 0.3 is 5.69 Å². The fourth-order valence-electron chi connectivity index (χ4n) is 3.13. The number of hydrogen-bond donors (Lipinski definition) is 1. The molecule has 5 heteroatoms. The van der Waals surface area contributed by atoms with Crippen LogP contribution in [0, 0.1) is 13.8 Å². The molecular formula is C21H26N2O3. The van der Waals surface area contributed by atoms with Gasteiger partial charge in [-0.3, -0.25) is 19.1 Å². The first-order valence-corrected chi connectivity index (χ1v) is 8.91. The van der Waals surface area contributed by atoms with E-state index in [-0.39, 0.29) is 23.9 Å². The van der Waals surface area contributed by atoms with E-state index in [1.54, 1.807) is 12.1 Å². The van der Waals surface area contributed by atoms with Gasteiger partial charge in [0, 0.05) is 17.7 Å². The van der Waals surface area contributed by atoms with Crippen molar-refractivity contribution in [3.05, 3.63) is 79.1 Å². The van der Waals surface area contributed by atoms with Crippen molar-refractivity contribution in [2.75, 3.05) is 0 Å². The van der Waals surface area contributed by atoms with Gasteiger partial charge in [-0.2, -0.15) is 0 Å². The van der Waals surface area contributed by atoms with Crippen molar-refractivity contribution in [2.45, 2.75) is 53.5 Å². The molecule has 1 aromatic carbocycles. The van der Waals surface area contributed by atoms with E-state index in [1.807, 2.05) is 52.8 Å². The van der Waals surface area contributed by atoms with Gasteiger partial charge < -0.3 is 0 Å². The van der Waals surface area contributed by atoms with Gasteiger partial charge in [-0.1, -0.05) is 50.1 Å². The van der Waals surface area contributed by atoms with Crippen LogP contribution in [0.1, 0.15) is 65.9 Å². The van der Waals surface area contributed by atoms with Gasteiger partial charge in [0.05, 0.1) is 0 Å². The van der Waals surface area contributed by atoms with Crippen LogP contribution in [0.25, 0.3) is 0 Å². The third-order valence-electron chi connectivity index (χ3n) is 4.20. The number of ketones is 1. The molecule has 1 heterocycles. The van der Waals surface area contributed by atoms with Crippen LogP contribution < -0.4 is 11.2 Å². The van der Waals surface area contributed by atoms with Crippen LogP contribution in [-0.4, -0.2) is 15.3 Å². The number of aromatic nitrogens is 2. The predicted molar refractivity (Wildman–Crippen MR) is 104 cm³/mol. The number of rotatable bonds is 6. The van der Waals surface area contributed by atoms with Crippen molar-refractivity contribution in [1.29, 1.82) is 0 Å². The second-order valence-electron chi connectivity index (χ2n) is 6.87. The van der Waals surface area contributed by atoms with Crippen molar-refractivity contribution in [1.82, 2.24) is 9.55 Å². The molecule has 0 unspecified atom stereocenters. The molecule has 138 valence electrons. The number of nitrogens with zero attached hydrogens (tertiary/aromatic N) is 1. The van der Waals surface area contributed by atoms with Crippen LogP contribution in [0.3, 0.4) is 0 Å². The Balaban J connectivity index is 2.77. The first-order valence-electron chi connectivity index (χ1n) is 8.91. The molecule has 5 nitrogen and oxygen atoms in total. The number of aromatic amines is 1. The summed E-state index contributed by atoms with van der Waals surface area (Å²) in [4.78, 5) is 40.5. The molecule has 0 saturated carbocycles. The van der Waals surface area contributed by atoms with Crippen molar-refractivity contribution in [3.8, 4) is 0 Å². The number of allylic oxidation sites excluding steroid dienone is 2. The minimum absolute atomic E-state index is 0.180. The molecule has 0 aliphatic heterocycles. The summed E-state index contributed by atoms with van der Waals surface area (Å²) >= 11 is 0. The Kier molecular flexibility index (Phi) is 6.14. The lowest BCUT2D eigenvalue weighted by Gasteiger charge is -2.17. The second-order valence-corrected chi connectivity index (χ2v) is 6.87. The highest BCUT2D eigenvalue weighted by atomic mass is 16.2. The number of aryl methyl sites for hydroxylation is 2. The Morgan fingerprint density at radius 1 is 1.12 bits per heavy atom. The van der Waals surface area contributed by atoms with Gasteiger partial charge in [0.1, 0.15) is 5.69 Å². The van der Waals surface area contributed by atoms with E-state index in [4.69, 9.17) is 0 Å². The molecule has 0 atom stereocenters. The molecule has 1 N–H and O–H groups in total. The highest BCUT2D eigenvalue weighted by Gasteiger charge is 2.24. The molecule has 0 amide bonds. The van der Waals surface area contributed by atoms with Crippen LogP contribution in [0.2, 0.25) is 0 Å². The molecule has 0 aliphatic rings. The number of hydrogen-bond acceptors (Lipinski definition) is 3. The number of H-pyrrole nitrogens is 1. The van der Waals surface area contributed by atoms with Crippen molar-refractivity contribution < 1.29 is 4.79 Å². The predicted octanol–water partition coefficient (Wildman–Crippen LogP) is 3.47. The van der Waals surface area contributed by atoms with Crippen molar-refractivity contribution in [2.24, 2.45) is 0 Å². The zero-order chi connectivity index (χ0) is 19.4. The number of carbonyl (C=O) groups is 1. The monoisotopic (exact) mass is 354 g/mol. The zero-order valence-electron chi connectivity index (χ0n) is 16.1. The maximum atomic E-state index is 13.3. The van der Waals surface area contributed by atoms with Crippen LogP contribution in [0.15, 0.2) is 39.9 Å². The molecule has 26 heavy (non-hydrogen) atoms. The van der Waals surface area contributed by atoms with E-state index >= 15 is 0 Å². The lowest BCUT2D eigenvalue weighted by molar-refractivity contribution is 0.102. The van der Waals surface area contributed by atoms with Crippen LogP contribution in [0.5, 0.6) is 0 Å². The highest BCUT2D eigenvalue weighted by Crippen LogP contribution is 2.19. The largest absolute Gasteiger partial charge is 0.329 e. The zero-order valence-corrected chi connectivity index (χ0v) is 16.1. The quantitative estimate of drug-likeness (QED) is 0.638. The summed E-state index contributed by atoms with van der Waals surface area (Å²) in [6, 6.07) is 5.56. The third kappa shape index (κ3) is 4.10. The Hall–Kier alpha value is -2.69. The number of carbonyl (C=O) groups excluding carboxylic acids is 1. The third-order valence-corrected chi connectivity index (χ3v) is 4.20. The van der Waals surface area contributed by atoms with Crippen molar-refractivity contribution in [3.63, 3.8) is 0 Å². The second kappa shape index (κ2) is 8.13. The molecule has 0 aliphatic carbocycles. The van der Waals surface area contributed by atoms with Gasteiger partial charge in [0.25, 0.3) is 5.56 Å². The standard InChI is InChI=1S/C21H26N2O3/c1-6-7-8-9-23-18(17(13(2)3)20(25)22-21(23)26)19(24)16-11-14(4)10-15(5)12-16/h7-8,10-13H,6,9H2,1-5H3,(H,22,25,26). The van der Waals surface area contributed by atoms with E-state index in [0.717, 1.165) is 17.5 Å². The number of nitrogens with one attached hydrogen (secondary N) is 1. The lowest BCUT2D eigenvalue weighted by Crippen LogP contribution is -2.37. The van der Waals surface area contributed by atoms with Crippen LogP contribution in [0.4, 0.5) is 0 Å². The molecule has 0 bridgehead atoms. The topological polar surface area (TPSA) is 71.9 Å². The molecule has 0 spiro atoms. The lowest BCUT2D eigenvalue weighted by atomic mass is 9.95. The van der Waals surface area contributed by atoms with E-state index in [2.05, 4.69) is 4.98 Å². The SMILES string of the molecule is CCC=CCn1c(C(=O)c2cc(C)cc(C)c2)c(C(C)C)c(=O)[nH]c1=O. The van der Waals surface area contributed by atoms with Gasteiger partial charge in [0.2, 0.25) is 5.78 Å². The fraction of sp³-hybridized carbons (Fsp3) is 0.381. The first kappa shape index (κ1) is 19.6. The Bertz CT molecular complexity index is 942. The average Bonchev–Trinajstić information content (AvgIpc) is 2.54. The number of benzene rings is 1. The molecule has 0 radical (unpaired) electrons. The fourth-order valence-corrected chi connectivity index (χ4v) is 3.13. The summed E-state index contributed by atoms with van der Waals surface area (Å²) < 4.78 is 1.36. The van der Waals surface area contributed by atoms with Gasteiger partial charge in [0.15, 0.2) is 0 Å². The maximum Gasteiger partial charge on any atom is 0.329 e. The minimum atomic E-state index is -0.562. The molecule has 2 aromatic rings. The summed E-state index contributed by atoms with van der Waals surface area (Å²) in [5, 5.41) is 0. The van der Waals surface area contributed by atoms with E-state index in [9.17, 15) is 14.4 Å². The Morgan fingerprint density at radius 2 is 1.73 bits per heavy atom. The smallest absolute Gasteiger partial charge is 0.287 e. The Labute approximate surface area is 153 Å². The highest BCUT2D eigenvalue weighted by molar-refractivity contribution is 6.09. The molecular weight excluding hydrogens is 328 g/mol. The first-order chi connectivity index (χ1) is 12.3. The Morgan fingerprint density at radius 3 is 2.27 bits per heavy atom. The van der Waals surface area contributed by atoms with Crippen molar-refractivity contribution >= 4 is 5.78 Å². The summed E-state index contributed by atoms with van der Waals surface area (Å²) in [6.45, 7) is 9.77. The average molecular weight is 354 g/mol. The van der Waals surface area contributed by atoms with Gasteiger partial charge in [-0.25, -0.2) is 4.79 Å². The van der Waals surface area contributed by atoms with E-state index in [1.165, 1.54) is 4.57 Å². The van der Waals surface area contributed by atoms with Crippen LogP contribution in [-0.2, 0) is 6.54 Å². The summed E-state index contributed by atoms with van der Waals surface area (Å²) in [6.07, 6.45) is 4.59. The van der Waals surface area contributed by atoms with E-state index < -0.39 is 11.2 Å². The molecule has 1 aromatic heterocycles. The molecule has 0 saturated heterocycles. The van der Waals surface area contributed by atoms with E-state index in [0.29, 0.717) is 11.1 Å².